The minimum atomic E-state index is -3.64. The summed E-state index contributed by atoms with van der Waals surface area (Å²) in [5.74, 6) is 0.447. The summed E-state index contributed by atoms with van der Waals surface area (Å²) in [5, 5.41) is 0. The molecule has 1 heterocycles. The van der Waals surface area contributed by atoms with E-state index >= 15 is 0 Å². The van der Waals surface area contributed by atoms with E-state index in [-0.39, 0.29) is 17.4 Å². The molecule has 4 rings (SSSR count). The second kappa shape index (κ2) is 8.81. The third-order valence-corrected chi connectivity index (χ3v) is 7.25. The van der Waals surface area contributed by atoms with Crippen LogP contribution < -0.4 is 9.04 Å². The molecule has 3 aromatic carbocycles. The number of nitrogens with zero attached hydrogens (tertiary/aromatic N) is 2. The first-order chi connectivity index (χ1) is 14.9. The Bertz CT molecular complexity index is 1160. The number of amides is 1. The molecule has 0 saturated carbocycles. The summed E-state index contributed by atoms with van der Waals surface area (Å²) < 4.78 is 32.4. The van der Waals surface area contributed by atoms with Gasteiger partial charge in [-0.25, -0.2) is 8.42 Å². The van der Waals surface area contributed by atoms with Crippen LogP contribution >= 0.6 is 0 Å². The van der Waals surface area contributed by atoms with Crippen LogP contribution in [0.15, 0.2) is 83.8 Å². The standard InChI is InChI=1S/C24H24N2O4S/c1-25(31(28,29)23-9-3-2-4-10-23)21-11-13-22(14-12-21)30-18-24(27)26-16-15-19-7-5-6-8-20(19)17-26/h2-14H,15-18H2,1H3. The molecule has 160 valence electrons. The molecule has 1 amide bonds. The zero-order chi connectivity index (χ0) is 21.8. The Morgan fingerprint density at radius 2 is 1.58 bits per heavy atom. The summed E-state index contributed by atoms with van der Waals surface area (Å²) in [6.45, 7) is 1.22. The summed E-state index contributed by atoms with van der Waals surface area (Å²) in [5.41, 5.74) is 2.97. The molecular formula is C24H24N2O4S. The molecule has 1 aliphatic heterocycles. The Morgan fingerprint density at radius 1 is 0.935 bits per heavy atom. The zero-order valence-electron chi connectivity index (χ0n) is 17.3. The maximum absolute atomic E-state index is 12.7. The van der Waals surface area contributed by atoms with Gasteiger partial charge in [0.05, 0.1) is 10.6 Å². The SMILES string of the molecule is CN(c1ccc(OCC(=O)N2CCc3ccccc3C2)cc1)S(=O)(=O)c1ccccc1. The third kappa shape index (κ3) is 4.56. The Hall–Kier alpha value is -3.32. The molecular weight excluding hydrogens is 412 g/mol. The molecule has 0 aromatic heterocycles. The predicted molar refractivity (Wildman–Crippen MR) is 120 cm³/mol. The molecule has 0 radical (unpaired) electrons. The highest BCUT2D eigenvalue weighted by Gasteiger charge is 2.22. The Labute approximate surface area is 182 Å². The third-order valence-electron chi connectivity index (χ3n) is 5.45. The average Bonchev–Trinajstić information content (AvgIpc) is 2.82. The van der Waals surface area contributed by atoms with Crippen molar-refractivity contribution >= 4 is 21.6 Å². The van der Waals surface area contributed by atoms with Gasteiger partial charge in [0.1, 0.15) is 5.75 Å². The highest BCUT2D eigenvalue weighted by molar-refractivity contribution is 7.92. The maximum Gasteiger partial charge on any atom is 0.264 e. The van der Waals surface area contributed by atoms with Crippen LogP contribution in [0.25, 0.3) is 0 Å². The highest BCUT2D eigenvalue weighted by atomic mass is 32.2. The molecule has 1 aliphatic rings. The number of anilines is 1. The van der Waals surface area contributed by atoms with Crippen LogP contribution in [0.2, 0.25) is 0 Å². The van der Waals surface area contributed by atoms with E-state index in [2.05, 4.69) is 6.07 Å². The number of sulfonamides is 1. The first kappa shape index (κ1) is 20.9. The lowest BCUT2D eigenvalue weighted by Gasteiger charge is -2.28. The lowest BCUT2D eigenvalue weighted by molar-refractivity contribution is -0.134. The van der Waals surface area contributed by atoms with Gasteiger partial charge in [0.25, 0.3) is 15.9 Å². The van der Waals surface area contributed by atoms with Crippen molar-refractivity contribution in [1.82, 2.24) is 4.90 Å². The molecule has 31 heavy (non-hydrogen) atoms. The van der Waals surface area contributed by atoms with Crippen molar-refractivity contribution in [3.63, 3.8) is 0 Å². The van der Waals surface area contributed by atoms with Crippen molar-refractivity contribution in [1.29, 1.82) is 0 Å². The number of carbonyl (C=O) groups excluding carboxylic acids is 1. The largest absolute Gasteiger partial charge is 0.484 e. The lowest BCUT2D eigenvalue weighted by atomic mass is 10.00. The van der Waals surface area contributed by atoms with E-state index in [0.717, 1.165) is 6.42 Å². The van der Waals surface area contributed by atoms with Gasteiger partial charge < -0.3 is 9.64 Å². The highest BCUT2D eigenvalue weighted by Crippen LogP contribution is 2.24. The topological polar surface area (TPSA) is 66.9 Å². The Morgan fingerprint density at radius 3 is 2.29 bits per heavy atom. The van der Waals surface area contributed by atoms with E-state index in [1.54, 1.807) is 59.5 Å². The molecule has 6 nitrogen and oxygen atoms in total. The normalized spacial score (nSPS) is 13.4. The molecule has 0 atom stereocenters. The zero-order valence-corrected chi connectivity index (χ0v) is 18.1. The second-order valence-electron chi connectivity index (χ2n) is 7.40. The van der Waals surface area contributed by atoms with Crippen LogP contribution in [0.3, 0.4) is 0 Å². The van der Waals surface area contributed by atoms with Gasteiger partial charge in [-0.1, -0.05) is 42.5 Å². The number of ether oxygens (including phenoxy) is 1. The Balaban J connectivity index is 1.36. The molecule has 0 fully saturated rings. The maximum atomic E-state index is 12.7. The fourth-order valence-electron chi connectivity index (χ4n) is 3.59. The fraction of sp³-hybridized carbons (Fsp3) is 0.208. The number of hydrogen-bond donors (Lipinski definition) is 0. The van der Waals surface area contributed by atoms with E-state index in [0.29, 0.717) is 24.5 Å². The minimum Gasteiger partial charge on any atom is -0.484 e. The van der Waals surface area contributed by atoms with Crippen LogP contribution in [-0.4, -0.2) is 39.4 Å². The predicted octanol–water partition coefficient (Wildman–Crippen LogP) is 3.48. The van der Waals surface area contributed by atoms with Gasteiger partial charge in [-0.2, -0.15) is 0 Å². The molecule has 0 saturated heterocycles. The van der Waals surface area contributed by atoms with Gasteiger partial charge in [-0.3, -0.25) is 9.10 Å². The van der Waals surface area contributed by atoms with Crippen molar-refractivity contribution in [2.24, 2.45) is 0 Å². The van der Waals surface area contributed by atoms with Crippen molar-refractivity contribution in [3.05, 3.63) is 90.0 Å². The first-order valence-corrected chi connectivity index (χ1v) is 11.5. The molecule has 3 aromatic rings. The molecule has 0 bridgehead atoms. The van der Waals surface area contributed by atoms with E-state index in [1.807, 2.05) is 18.2 Å². The molecule has 0 spiro atoms. The van der Waals surface area contributed by atoms with Gasteiger partial charge >= 0.3 is 0 Å². The minimum absolute atomic E-state index is 0.0559. The lowest BCUT2D eigenvalue weighted by Crippen LogP contribution is -2.38. The Kier molecular flexibility index (Phi) is 5.95. The van der Waals surface area contributed by atoms with Crippen molar-refractivity contribution in [2.45, 2.75) is 17.9 Å². The van der Waals surface area contributed by atoms with Crippen molar-refractivity contribution in [3.8, 4) is 5.75 Å². The van der Waals surface area contributed by atoms with E-state index in [4.69, 9.17) is 4.74 Å². The van der Waals surface area contributed by atoms with Crippen LogP contribution in [0.1, 0.15) is 11.1 Å². The monoisotopic (exact) mass is 436 g/mol. The smallest absolute Gasteiger partial charge is 0.264 e. The van der Waals surface area contributed by atoms with Gasteiger partial charge in [0, 0.05) is 20.1 Å². The molecule has 7 heteroatoms. The van der Waals surface area contributed by atoms with E-state index < -0.39 is 10.0 Å². The number of benzene rings is 3. The summed E-state index contributed by atoms with van der Waals surface area (Å²) in [6.07, 6.45) is 0.846. The summed E-state index contributed by atoms with van der Waals surface area (Å²) in [4.78, 5) is 14.6. The molecule has 0 unspecified atom stereocenters. The first-order valence-electron chi connectivity index (χ1n) is 10.1. The number of hydrogen-bond acceptors (Lipinski definition) is 4. The second-order valence-corrected chi connectivity index (χ2v) is 9.37. The van der Waals surface area contributed by atoms with Gasteiger partial charge in [-0.15, -0.1) is 0 Å². The molecule has 0 aliphatic carbocycles. The van der Waals surface area contributed by atoms with Crippen LogP contribution in [0.4, 0.5) is 5.69 Å². The van der Waals surface area contributed by atoms with Gasteiger partial charge in [-0.05, 0) is 53.9 Å². The van der Waals surface area contributed by atoms with E-state index in [9.17, 15) is 13.2 Å². The average molecular weight is 437 g/mol. The van der Waals surface area contributed by atoms with Gasteiger partial charge in [0.2, 0.25) is 0 Å². The number of rotatable bonds is 6. The van der Waals surface area contributed by atoms with Crippen molar-refractivity contribution < 1.29 is 17.9 Å². The van der Waals surface area contributed by atoms with Gasteiger partial charge in [0.15, 0.2) is 6.61 Å². The quantitative estimate of drug-likeness (QED) is 0.593. The van der Waals surface area contributed by atoms with Crippen molar-refractivity contribution in [2.75, 3.05) is 24.5 Å². The summed E-state index contributed by atoms with van der Waals surface area (Å²) >= 11 is 0. The van der Waals surface area contributed by atoms with Crippen LogP contribution in [0, 0.1) is 0 Å². The number of carbonyl (C=O) groups is 1. The number of fused-ring (bicyclic) bond motifs is 1. The van der Waals surface area contributed by atoms with Crippen LogP contribution in [0.5, 0.6) is 5.75 Å². The summed E-state index contributed by atoms with van der Waals surface area (Å²) in [6, 6.07) is 23.1. The summed E-state index contributed by atoms with van der Waals surface area (Å²) in [7, 11) is -2.13. The van der Waals surface area contributed by atoms with Crippen LogP contribution in [-0.2, 0) is 27.8 Å². The van der Waals surface area contributed by atoms with E-state index in [1.165, 1.54) is 22.5 Å². The molecule has 0 N–H and O–H groups in total. The fourth-order valence-corrected chi connectivity index (χ4v) is 4.80.